The number of pyridine rings is 1. The van der Waals surface area contributed by atoms with Crippen molar-refractivity contribution < 1.29 is 18.3 Å². The SMILES string of the molecule is O=S(=O)(c1ccc(C2=NCCO2)cc1)N1Cc2cnc(C(O)c3ccccc3)cc2C1. The number of nitrogens with zero attached hydrogens (tertiary/aromatic N) is 3. The summed E-state index contributed by atoms with van der Waals surface area (Å²) < 4.78 is 33.2. The highest BCUT2D eigenvalue weighted by atomic mass is 32.2. The molecule has 0 aliphatic carbocycles. The lowest BCUT2D eigenvalue weighted by Gasteiger charge is -2.16. The zero-order chi connectivity index (χ0) is 21.4. The van der Waals surface area contributed by atoms with Crippen molar-refractivity contribution in [2.75, 3.05) is 13.2 Å². The van der Waals surface area contributed by atoms with E-state index in [0.717, 1.165) is 22.3 Å². The number of aliphatic hydroxyl groups is 1. The number of hydrogen-bond acceptors (Lipinski definition) is 6. The Morgan fingerprint density at radius 1 is 1.00 bits per heavy atom. The average molecular weight is 436 g/mol. The van der Waals surface area contributed by atoms with Crippen LogP contribution in [-0.2, 0) is 27.8 Å². The second kappa shape index (κ2) is 7.88. The largest absolute Gasteiger partial charge is 0.476 e. The van der Waals surface area contributed by atoms with Gasteiger partial charge in [0.15, 0.2) is 0 Å². The summed E-state index contributed by atoms with van der Waals surface area (Å²) in [6.07, 6.45) is 0.802. The lowest BCUT2D eigenvalue weighted by molar-refractivity contribution is 0.215. The molecule has 0 bridgehead atoms. The number of aromatic nitrogens is 1. The molecule has 3 heterocycles. The molecular weight excluding hydrogens is 414 g/mol. The van der Waals surface area contributed by atoms with Gasteiger partial charge in [-0.05, 0) is 47.0 Å². The van der Waals surface area contributed by atoms with Crippen LogP contribution in [-0.4, -0.2) is 41.9 Å². The van der Waals surface area contributed by atoms with E-state index in [-0.39, 0.29) is 18.0 Å². The van der Waals surface area contributed by atoms with Crippen molar-refractivity contribution in [3.05, 3.63) is 94.8 Å². The van der Waals surface area contributed by atoms with Crippen LogP contribution in [0.5, 0.6) is 0 Å². The lowest BCUT2D eigenvalue weighted by atomic mass is 10.0. The predicted molar refractivity (Wildman–Crippen MR) is 115 cm³/mol. The average Bonchev–Trinajstić information content (AvgIpc) is 3.49. The summed E-state index contributed by atoms with van der Waals surface area (Å²) in [6, 6.07) is 17.7. The molecule has 0 spiro atoms. The van der Waals surface area contributed by atoms with Crippen molar-refractivity contribution in [1.82, 2.24) is 9.29 Å². The van der Waals surface area contributed by atoms with Crippen LogP contribution >= 0.6 is 0 Å². The highest BCUT2D eigenvalue weighted by Gasteiger charge is 2.31. The molecular formula is C23H21N3O4S. The zero-order valence-corrected chi connectivity index (χ0v) is 17.5. The number of aliphatic imine (C=N–C) groups is 1. The molecule has 2 aliphatic heterocycles. The molecule has 0 fully saturated rings. The molecule has 1 unspecified atom stereocenters. The molecule has 2 aliphatic rings. The third kappa shape index (κ3) is 3.74. The van der Waals surface area contributed by atoms with E-state index in [4.69, 9.17) is 4.74 Å². The Balaban J connectivity index is 1.36. The Kier molecular flexibility index (Phi) is 5.05. The van der Waals surface area contributed by atoms with E-state index in [2.05, 4.69) is 9.98 Å². The fourth-order valence-corrected chi connectivity index (χ4v) is 5.22. The first kappa shape index (κ1) is 19.9. The Morgan fingerprint density at radius 3 is 2.45 bits per heavy atom. The first-order chi connectivity index (χ1) is 15.0. The van der Waals surface area contributed by atoms with Gasteiger partial charge in [-0.2, -0.15) is 4.31 Å². The molecule has 2 aromatic carbocycles. The van der Waals surface area contributed by atoms with E-state index < -0.39 is 16.1 Å². The molecule has 3 aromatic rings. The maximum atomic E-state index is 13.2. The summed E-state index contributed by atoms with van der Waals surface area (Å²) in [6.45, 7) is 1.67. The second-order valence-electron chi connectivity index (χ2n) is 7.52. The molecule has 5 rings (SSSR count). The van der Waals surface area contributed by atoms with E-state index in [9.17, 15) is 13.5 Å². The Morgan fingerprint density at radius 2 is 1.74 bits per heavy atom. The summed E-state index contributed by atoms with van der Waals surface area (Å²) in [5.41, 5.74) is 3.72. The van der Waals surface area contributed by atoms with E-state index in [1.54, 1.807) is 36.5 Å². The molecule has 0 radical (unpaired) electrons. The Hall–Kier alpha value is -3.07. The molecule has 7 nitrogen and oxygen atoms in total. The van der Waals surface area contributed by atoms with Gasteiger partial charge < -0.3 is 9.84 Å². The lowest BCUT2D eigenvalue weighted by Crippen LogP contribution is -2.25. The monoisotopic (exact) mass is 435 g/mol. The fourth-order valence-electron chi connectivity index (χ4n) is 3.82. The van der Waals surface area contributed by atoms with Crippen LogP contribution in [0.1, 0.15) is 34.1 Å². The summed E-state index contributed by atoms with van der Waals surface area (Å²) in [5, 5.41) is 10.6. The molecule has 31 heavy (non-hydrogen) atoms. The topological polar surface area (TPSA) is 92.1 Å². The van der Waals surface area contributed by atoms with Crippen LogP contribution < -0.4 is 0 Å². The maximum absolute atomic E-state index is 13.2. The van der Waals surface area contributed by atoms with Gasteiger partial charge in [0, 0.05) is 24.8 Å². The summed E-state index contributed by atoms with van der Waals surface area (Å²) in [5.74, 6) is 0.549. The predicted octanol–water partition coefficient (Wildman–Crippen LogP) is 2.64. The minimum atomic E-state index is -3.67. The van der Waals surface area contributed by atoms with Crippen LogP contribution in [0.15, 0.2) is 76.7 Å². The Labute approximate surface area is 180 Å². The van der Waals surface area contributed by atoms with Gasteiger partial charge in [0.2, 0.25) is 15.9 Å². The molecule has 1 atom stereocenters. The summed E-state index contributed by atoms with van der Waals surface area (Å²) in [7, 11) is -3.67. The van der Waals surface area contributed by atoms with Gasteiger partial charge in [0.1, 0.15) is 12.7 Å². The van der Waals surface area contributed by atoms with Crippen molar-refractivity contribution in [3.8, 4) is 0 Å². The number of ether oxygens (including phenoxy) is 1. The number of fused-ring (bicyclic) bond motifs is 1. The minimum Gasteiger partial charge on any atom is -0.476 e. The van der Waals surface area contributed by atoms with Crippen LogP contribution in [0.2, 0.25) is 0 Å². The first-order valence-electron chi connectivity index (χ1n) is 10.0. The number of sulfonamides is 1. The summed E-state index contributed by atoms with van der Waals surface area (Å²) in [4.78, 5) is 8.85. The zero-order valence-electron chi connectivity index (χ0n) is 16.7. The van der Waals surface area contributed by atoms with Crippen LogP contribution in [0, 0.1) is 0 Å². The quantitative estimate of drug-likeness (QED) is 0.665. The van der Waals surface area contributed by atoms with Crippen molar-refractivity contribution in [1.29, 1.82) is 0 Å². The molecule has 1 N–H and O–H groups in total. The van der Waals surface area contributed by atoms with Crippen molar-refractivity contribution in [2.24, 2.45) is 4.99 Å². The molecule has 0 amide bonds. The number of aliphatic hydroxyl groups excluding tert-OH is 1. The third-order valence-corrected chi connectivity index (χ3v) is 7.32. The van der Waals surface area contributed by atoms with Gasteiger partial charge in [-0.1, -0.05) is 30.3 Å². The van der Waals surface area contributed by atoms with Crippen molar-refractivity contribution in [2.45, 2.75) is 24.1 Å². The fraction of sp³-hybridized carbons (Fsp3) is 0.217. The maximum Gasteiger partial charge on any atom is 0.243 e. The van der Waals surface area contributed by atoms with Gasteiger partial charge in [-0.25, -0.2) is 13.4 Å². The highest BCUT2D eigenvalue weighted by Crippen LogP contribution is 2.31. The van der Waals surface area contributed by atoms with Crippen LogP contribution in [0.3, 0.4) is 0 Å². The Bertz CT molecular complexity index is 1240. The van der Waals surface area contributed by atoms with Gasteiger partial charge in [-0.3, -0.25) is 4.98 Å². The number of rotatable bonds is 5. The van der Waals surface area contributed by atoms with Crippen molar-refractivity contribution in [3.63, 3.8) is 0 Å². The second-order valence-corrected chi connectivity index (χ2v) is 9.46. The highest BCUT2D eigenvalue weighted by molar-refractivity contribution is 7.89. The molecule has 158 valence electrons. The molecule has 0 saturated heterocycles. The molecule has 1 aromatic heterocycles. The van der Waals surface area contributed by atoms with E-state index in [1.165, 1.54) is 4.31 Å². The minimum absolute atomic E-state index is 0.222. The van der Waals surface area contributed by atoms with E-state index >= 15 is 0 Å². The van der Waals surface area contributed by atoms with Crippen LogP contribution in [0.4, 0.5) is 0 Å². The number of hydrogen-bond donors (Lipinski definition) is 1. The van der Waals surface area contributed by atoms with Gasteiger partial charge >= 0.3 is 0 Å². The smallest absolute Gasteiger partial charge is 0.243 e. The summed E-state index contributed by atoms with van der Waals surface area (Å²) >= 11 is 0. The van der Waals surface area contributed by atoms with Gasteiger partial charge in [0.25, 0.3) is 0 Å². The van der Waals surface area contributed by atoms with Gasteiger partial charge in [-0.15, -0.1) is 0 Å². The van der Waals surface area contributed by atoms with E-state index in [1.807, 2.05) is 30.3 Å². The van der Waals surface area contributed by atoms with Gasteiger partial charge in [0.05, 0.1) is 17.1 Å². The van der Waals surface area contributed by atoms with Crippen LogP contribution in [0.25, 0.3) is 0 Å². The normalized spacial score (nSPS) is 17.1. The first-order valence-corrected chi connectivity index (χ1v) is 11.4. The van der Waals surface area contributed by atoms with E-state index in [0.29, 0.717) is 24.7 Å². The number of benzene rings is 2. The van der Waals surface area contributed by atoms with Crippen molar-refractivity contribution >= 4 is 15.9 Å². The molecule has 8 heteroatoms. The third-order valence-electron chi connectivity index (χ3n) is 5.52. The standard InChI is InChI=1S/C23H21N3O4S/c27-22(16-4-2-1-3-5-16)21-12-18-14-26(15-19(18)13-25-21)31(28,29)20-8-6-17(7-9-20)23-24-10-11-30-23/h1-9,12-13,22,27H,10-11,14-15H2. The molecule has 0 saturated carbocycles.